The van der Waals surface area contributed by atoms with Crippen LogP contribution in [0.3, 0.4) is 0 Å². The third-order valence-electron chi connectivity index (χ3n) is 4.20. The zero-order valence-corrected chi connectivity index (χ0v) is 14.3. The van der Waals surface area contributed by atoms with Gasteiger partial charge in [-0.25, -0.2) is 4.68 Å². The Morgan fingerprint density at radius 1 is 1.12 bits per heavy atom. The number of para-hydroxylation sites is 1. The van der Waals surface area contributed by atoms with Crippen LogP contribution in [0.2, 0.25) is 0 Å². The monoisotopic (exact) mass is 352 g/mol. The van der Waals surface area contributed by atoms with Gasteiger partial charge in [0.05, 0.1) is 17.6 Å². The molecule has 0 saturated heterocycles. The van der Waals surface area contributed by atoms with E-state index in [1.807, 2.05) is 30.3 Å². The van der Waals surface area contributed by atoms with Gasteiger partial charge in [0.2, 0.25) is 5.91 Å². The Hall–Kier alpha value is -2.67. The van der Waals surface area contributed by atoms with Crippen molar-refractivity contribution < 1.29 is 4.79 Å². The molecule has 0 spiro atoms. The van der Waals surface area contributed by atoms with E-state index in [0.717, 1.165) is 16.3 Å². The maximum atomic E-state index is 12.7. The highest BCUT2D eigenvalue weighted by molar-refractivity contribution is 7.99. The second-order valence-electron chi connectivity index (χ2n) is 5.75. The average molecular weight is 352 g/mol. The normalized spacial score (nSPS) is 13.7. The number of nitrogens with zero attached hydrogens (tertiary/aromatic N) is 4. The van der Waals surface area contributed by atoms with Crippen molar-refractivity contribution >= 4 is 34.3 Å². The van der Waals surface area contributed by atoms with E-state index in [2.05, 4.69) is 10.3 Å². The molecule has 1 aromatic heterocycles. The Labute approximate surface area is 148 Å². The Kier molecular flexibility index (Phi) is 4.23. The van der Waals surface area contributed by atoms with Gasteiger partial charge in [-0.05, 0) is 24.3 Å². The molecule has 0 N–H and O–H groups in total. The summed E-state index contributed by atoms with van der Waals surface area (Å²) in [6.07, 6.45) is 0.214. The van der Waals surface area contributed by atoms with Crippen molar-refractivity contribution in [2.75, 3.05) is 17.2 Å². The van der Waals surface area contributed by atoms with Crippen molar-refractivity contribution in [2.45, 2.75) is 17.9 Å². The molecule has 0 saturated carbocycles. The number of hydrogen-bond acceptors (Lipinski definition) is 5. The van der Waals surface area contributed by atoms with E-state index in [-0.39, 0.29) is 24.4 Å². The zero-order chi connectivity index (χ0) is 17.2. The van der Waals surface area contributed by atoms with Gasteiger partial charge in [-0.15, -0.1) is 16.9 Å². The van der Waals surface area contributed by atoms with Crippen LogP contribution in [0.1, 0.15) is 6.42 Å². The van der Waals surface area contributed by atoms with Crippen LogP contribution in [0.4, 0.5) is 5.69 Å². The zero-order valence-electron chi connectivity index (χ0n) is 13.5. The molecule has 0 bridgehead atoms. The van der Waals surface area contributed by atoms with E-state index >= 15 is 0 Å². The fraction of sp³-hybridized carbons (Fsp3) is 0.222. The van der Waals surface area contributed by atoms with Crippen LogP contribution in [0, 0.1) is 0 Å². The molecule has 0 aliphatic carbocycles. The molecule has 0 fully saturated rings. The van der Waals surface area contributed by atoms with Crippen molar-refractivity contribution in [1.29, 1.82) is 0 Å². The van der Waals surface area contributed by atoms with Gasteiger partial charge in [-0.1, -0.05) is 29.5 Å². The summed E-state index contributed by atoms with van der Waals surface area (Å²) in [5.74, 6) is 0.869. The van der Waals surface area contributed by atoms with Gasteiger partial charge in [0.1, 0.15) is 5.52 Å². The standard InChI is InChI=1S/C18H16N4O2S/c23-17(21-11-12-25-16-8-4-3-7-15(16)21)9-10-22-18(24)13-5-1-2-6-14(13)19-20-22/h1-8H,9-12H2. The number of aromatic nitrogens is 3. The van der Waals surface area contributed by atoms with E-state index in [0.29, 0.717) is 17.4 Å². The first kappa shape index (κ1) is 15.8. The summed E-state index contributed by atoms with van der Waals surface area (Å²) in [4.78, 5) is 28.0. The van der Waals surface area contributed by atoms with Crippen LogP contribution in [-0.2, 0) is 11.3 Å². The molecule has 2 aromatic carbocycles. The molecule has 0 unspecified atom stereocenters. The minimum atomic E-state index is -0.215. The number of rotatable bonds is 3. The van der Waals surface area contributed by atoms with E-state index in [4.69, 9.17) is 0 Å². The topological polar surface area (TPSA) is 68.1 Å². The summed E-state index contributed by atoms with van der Waals surface area (Å²) in [6.45, 7) is 0.903. The Morgan fingerprint density at radius 3 is 2.84 bits per heavy atom. The van der Waals surface area contributed by atoms with Gasteiger partial charge in [0, 0.05) is 23.6 Å². The molecule has 25 heavy (non-hydrogen) atoms. The summed E-state index contributed by atoms with van der Waals surface area (Å²) in [5.41, 5.74) is 1.30. The van der Waals surface area contributed by atoms with Crippen LogP contribution in [0.25, 0.3) is 10.9 Å². The van der Waals surface area contributed by atoms with Crippen molar-refractivity contribution in [3.63, 3.8) is 0 Å². The van der Waals surface area contributed by atoms with Gasteiger partial charge in [-0.2, -0.15) is 0 Å². The molecule has 0 atom stereocenters. The molecular weight excluding hydrogens is 336 g/mol. The predicted octanol–water partition coefficient (Wildman–Crippen LogP) is 2.32. The van der Waals surface area contributed by atoms with Gasteiger partial charge in [-0.3, -0.25) is 9.59 Å². The summed E-state index contributed by atoms with van der Waals surface area (Å²) in [5, 5.41) is 8.52. The lowest BCUT2D eigenvalue weighted by Crippen LogP contribution is -2.36. The second kappa shape index (κ2) is 6.68. The fourth-order valence-electron chi connectivity index (χ4n) is 2.93. The first-order valence-corrected chi connectivity index (χ1v) is 9.07. The molecule has 126 valence electrons. The molecule has 1 aliphatic rings. The highest BCUT2D eigenvalue weighted by Gasteiger charge is 2.22. The van der Waals surface area contributed by atoms with Crippen LogP contribution < -0.4 is 10.5 Å². The number of hydrogen-bond donors (Lipinski definition) is 0. The molecule has 7 heteroatoms. The predicted molar refractivity (Wildman–Crippen MR) is 97.9 cm³/mol. The molecule has 3 aromatic rings. The van der Waals surface area contributed by atoms with Gasteiger partial charge in [0.25, 0.3) is 5.56 Å². The lowest BCUT2D eigenvalue weighted by atomic mass is 10.2. The lowest BCUT2D eigenvalue weighted by molar-refractivity contribution is -0.118. The highest BCUT2D eigenvalue weighted by Crippen LogP contribution is 2.34. The molecule has 0 radical (unpaired) electrons. The van der Waals surface area contributed by atoms with E-state index in [9.17, 15) is 9.59 Å². The van der Waals surface area contributed by atoms with E-state index < -0.39 is 0 Å². The third kappa shape index (κ3) is 3.02. The quantitative estimate of drug-likeness (QED) is 0.724. The third-order valence-corrected chi connectivity index (χ3v) is 5.24. The number of thioether (sulfide) groups is 1. The maximum Gasteiger partial charge on any atom is 0.277 e. The highest BCUT2D eigenvalue weighted by atomic mass is 32.2. The number of carbonyl (C=O) groups excluding carboxylic acids is 1. The minimum absolute atomic E-state index is 0.00499. The van der Waals surface area contributed by atoms with E-state index in [1.54, 1.807) is 34.9 Å². The fourth-order valence-corrected chi connectivity index (χ4v) is 3.93. The summed E-state index contributed by atoms with van der Waals surface area (Å²) in [7, 11) is 0. The molecule has 1 aliphatic heterocycles. The first-order chi connectivity index (χ1) is 12.2. The molecule has 1 amide bonds. The average Bonchev–Trinajstić information content (AvgIpc) is 2.67. The second-order valence-corrected chi connectivity index (χ2v) is 6.88. The lowest BCUT2D eigenvalue weighted by Gasteiger charge is -2.29. The van der Waals surface area contributed by atoms with Gasteiger partial charge in [0.15, 0.2) is 0 Å². The van der Waals surface area contributed by atoms with Crippen LogP contribution >= 0.6 is 11.8 Å². The van der Waals surface area contributed by atoms with Crippen molar-refractivity contribution in [1.82, 2.24) is 15.0 Å². The van der Waals surface area contributed by atoms with Crippen molar-refractivity contribution in [3.05, 3.63) is 58.9 Å². The Balaban J connectivity index is 1.54. The molecular formula is C18H16N4O2S. The maximum absolute atomic E-state index is 12.7. The first-order valence-electron chi connectivity index (χ1n) is 8.09. The summed E-state index contributed by atoms with van der Waals surface area (Å²) in [6, 6.07) is 15.0. The Morgan fingerprint density at radius 2 is 1.92 bits per heavy atom. The number of amides is 1. The SMILES string of the molecule is O=C(CCn1nnc2ccccc2c1=O)N1CCSc2ccccc21. The number of fused-ring (bicyclic) bond motifs is 2. The van der Waals surface area contributed by atoms with Crippen LogP contribution in [-0.4, -0.2) is 33.2 Å². The molecule has 2 heterocycles. The molecule has 6 nitrogen and oxygen atoms in total. The summed E-state index contributed by atoms with van der Waals surface area (Å²) < 4.78 is 1.27. The van der Waals surface area contributed by atoms with Gasteiger partial charge >= 0.3 is 0 Å². The molecule has 4 rings (SSSR count). The number of anilines is 1. The van der Waals surface area contributed by atoms with Crippen molar-refractivity contribution in [2.24, 2.45) is 0 Å². The van der Waals surface area contributed by atoms with Crippen molar-refractivity contribution in [3.8, 4) is 0 Å². The largest absolute Gasteiger partial charge is 0.310 e. The summed E-state index contributed by atoms with van der Waals surface area (Å²) >= 11 is 1.76. The van der Waals surface area contributed by atoms with E-state index in [1.165, 1.54) is 4.68 Å². The van der Waals surface area contributed by atoms with Gasteiger partial charge < -0.3 is 4.90 Å². The van der Waals surface area contributed by atoms with Crippen LogP contribution in [0.15, 0.2) is 58.2 Å². The van der Waals surface area contributed by atoms with Crippen LogP contribution in [0.5, 0.6) is 0 Å². The number of aryl methyl sites for hydroxylation is 1. The number of benzene rings is 2. The Bertz CT molecular complexity index is 1000. The number of carbonyl (C=O) groups is 1. The minimum Gasteiger partial charge on any atom is -0.310 e. The smallest absolute Gasteiger partial charge is 0.277 e.